The second-order valence-corrected chi connectivity index (χ2v) is 6.93. The van der Waals surface area contributed by atoms with Crippen molar-refractivity contribution in [1.82, 2.24) is 19.4 Å². The van der Waals surface area contributed by atoms with Crippen molar-refractivity contribution in [3.63, 3.8) is 0 Å². The van der Waals surface area contributed by atoms with Crippen LogP contribution in [0, 0.1) is 11.3 Å². The molecule has 4 aromatic rings. The van der Waals surface area contributed by atoms with Crippen LogP contribution in [0.15, 0.2) is 40.1 Å². The quantitative estimate of drug-likeness (QED) is 0.404. The van der Waals surface area contributed by atoms with Crippen molar-refractivity contribution in [2.75, 3.05) is 18.0 Å². The molecular formula is C20H16N6O2. The number of nitrogens with one attached hydrogen (secondary N) is 1. The van der Waals surface area contributed by atoms with Gasteiger partial charge in [0.2, 0.25) is 11.4 Å². The van der Waals surface area contributed by atoms with E-state index >= 15 is 0 Å². The van der Waals surface area contributed by atoms with E-state index in [1.165, 1.54) is 17.0 Å². The van der Waals surface area contributed by atoms with Crippen molar-refractivity contribution in [2.24, 2.45) is 0 Å². The Morgan fingerprint density at radius 1 is 1.11 bits per heavy atom. The summed E-state index contributed by atoms with van der Waals surface area (Å²) in [5.41, 5.74) is 0.173. The van der Waals surface area contributed by atoms with Gasteiger partial charge in [-0.1, -0.05) is 12.1 Å². The van der Waals surface area contributed by atoms with E-state index in [2.05, 4.69) is 15.0 Å². The lowest BCUT2D eigenvalue weighted by molar-refractivity contribution is 0.569. The first kappa shape index (κ1) is 16.4. The number of aromatic amines is 1. The molecule has 0 amide bonds. The SMILES string of the molecule is N#Cc1c(=O)c2nc(N3CCCCC3)ncc2n2c(=O)c3ccccc3[nH]c12. The van der Waals surface area contributed by atoms with Gasteiger partial charge in [0.1, 0.15) is 22.8 Å². The Bertz CT molecular complexity index is 1410. The van der Waals surface area contributed by atoms with E-state index in [0.717, 1.165) is 25.9 Å². The number of aromatic nitrogens is 4. The molecule has 1 fully saturated rings. The van der Waals surface area contributed by atoms with Crippen molar-refractivity contribution < 1.29 is 0 Å². The van der Waals surface area contributed by atoms with Gasteiger partial charge in [-0.3, -0.25) is 14.0 Å². The maximum absolute atomic E-state index is 13.1. The van der Waals surface area contributed by atoms with Crippen LogP contribution in [0.5, 0.6) is 0 Å². The lowest BCUT2D eigenvalue weighted by atomic mass is 10.1. The molecule has 1 aliphatic heterocycles. The lowest BCUT2D eigenvalue weighted by Gasteiger charge is -2.26. The van der Waals surface area contributed by atoms with Gasteiger partial charge in [0.25, 0.3) is 5.56 Å². The van der Waals surface area contributed by atoms with Crippen LogP contribution in [0.1, 0.15) is 24.8 Å². The molecule has 28 heavy (non-hydrogen) atoms. The maximum Gasteiger partial charge on any atom is 0.266 e. The van der Waals surface area contributed by atoms with Crippen LogP contribution in [-0.4, -0.2) is 32.4 Å². The minimum Gasteiger partial charge on any atom is -0.341 e. The van der Waals surface area contributed by atoms with Crippen molar-refractivity contribution in [3.05, 3.63) is 56.6 Å². The van der Waals surface area contributed by atoms with Gasteiger partial charge in [-0.15, -0.1) is 0 Å². The number of benzene rings is 1. The average Bonchev–Trinajstić information content (AvgIpc) is 2.74. The minimum absolute atomic E-state index is 0.0883. The number of fused-ring (bicyclic) bond motifs is 4. The van der Waals surface area contributed by atoms with Crippen LogP contribution in [0.25, 0.3) is 27.6 Å². The molecule has 1 N–H and O–H groups in total. The number of H-pyrrole nitrogens is 1. The number of nitriles is 1. The highest BCUT2D eigenvalue weighted by Crippen LogP contribution is 2.19. The Morgan fingerprint density at radius 2 is 1.89 bits per heavy atom. The van der Waals surface area contributed by atoms with Gasteiger partial charge >= 0.3 is 0 Å². The van der Waals surface area contributed by atoms with Gasteiger partial charge in [-0.05, 0) is 31.4 Å². The fourth-order valence-corrected chi connectivity index (χ4v) is 3.86. The summed E-state index contributed by atoms with van der Waals surface area (Å²) in [6.45, 7) is 1.66. The standard InChI is InChI=1S/C20H16N6O2/c21-10-13-17(27)16-15(11-22-20(24-16)25-8-4-1-5-9-25)26-18(13)23-14-7-3-2-6-12(14)19(26)28/h2-3,6-7,11,23H,1,4-5,8-9H2. The van der Waals surface area contributed by atoms with E-state index < -0.39 is 5.43 Å². The molecule has 0 bridgehead atoms. The molecule has 1 aromatic carbocycles. The predicted octanol–water partition coefficient (Wildman–Crippen LogP) is 1.95. The summed E-state index contributed by atoms with van der Waals surface area (Å²) >= 11 is 0. The molecule has 0 spiro atoms. The summed E-state index contributed by atoms with van der Waals surface area (Å²) in [6.07, 6.45) is 4.77. The zero-order chi connectivity index (χ0) is 19.3. The molecule has 1 aliphatic rings. The highest BCUT2D eigenvalue weighted by molar-refractivity contribution is 5.86. The Kier molecular flexibility index (Phi) is 3.62. The molecule has 8 nitrogen and oxygen atoms in total. The summed E-state index contributed by atoms with van der Waals surface area (Å²) < 4.78 is 1.33. The average molecular weight is 372 g/mol. The third-order valence-corrected chi connectivity index (χ3v) is 5.26. The van der Waals surface area contributed by atoms with Crippen LogP contribution in [0.3, 0.4) is 0 Å². The molecule has 5 rings (SSSR count). The molecule has 4 heterocycles. The first-order valence-corrected chi connectivity index (χ1v) is 9.20. The van der Waals surface area contributed by atoms with Crippen LogP contribution in [0.4, 0.5) is 5.95 Å². The topological polar surface area (TPSA) is 107 Å². The molecule has 138 valence electrons. The number of rotatable bonds is 1. The summed E-state index contributed by atoms with van der Waals surface area (Å²) in [7, 11) is 0. The van der Waals surface area contributed by atoms with Gasteiger partial charge in [0, 0.05) is 13.1 Å². The van der Waals surface area contributed by atoms with Gasteiger partial charge in [0.05, 0.1) is 22.6 Å². The van der Waals surface area contributed by atoms with Crippen LogP contribution in [-0.2, 0) is 0 Å². The molecular weight excluding hydrogens is 356 g/mol. The fourth-order valence-electron chi connectivity index (χ4n) is 3.86. The molecule has 0 saturated carbocycles. The first-order valence-electron chi connectivity index (χ1n) is 9.20. The zero-order valence-corrected chi connectivity index (χ0v) is 15.0. The fraction of sp³-hybridized carbons (Fsp3) is 0.250. The van der Waals surface area contributed by atoms with Crippen LogP contribution >= 0.6 is 0 Å². The lowest BCUT2D eigenvalue weighted by Crippen LogP contribution is -2.31. The third-order valence-electron chi connectivity index (χ3n) is 5.26. The number of para-hydroxylation sites is 1. The molecule has 0 atom stereocenters. The smallest absolute Gasteiger partial charge is 0.266 e. The second kappa shape index (κ2) is 6.16. The van der Waals surface area contributed by atoms with Crippen molar-refractivity contribution in [1.29, 1.82) is 5.26 Å². The van der Waals surface area contributed by atoms with Crippen LogP contribution < -0.4 is 15.9 Å². The Morgan fingerprint density at radius 3 is 2.68 bits per heavy atom. The van der Waals surface area contributed by atoms with E-state index in [9.17, 15) is 14.9 Å². The summed E-state index contributed by atoms with van der Waals surface area (Å²) in [4.78, 5) is 40.1. The monoisotopic (exact) mass is 372 g/mol. The molecule has 0 unspecified atom stereocenters. The Balaban J connectivity index is 1.91. The highest BCUT2D eigenvalue weighted by Gasteiger charge is 2.20. The van der Waals surface area contributed by atoms with Crippen molar-refractivity contribution >= 4 is 33.5 Å². The van der Waals surface area contributed by atoms with Gasteiger partial charge < -0.3 is 9.88 Å². The Labute approximate surface area is 158 Å². The number of anilines is 1. The number of hydrogen-bond acceptors (Lipinski definition) is 6. The summed E-state index contributed by atoms with van der Waals surface area (Å²) in [6, 6.07) is 8.94. The Hall–Kier alpha value is -3.73. The number of pyridine rings is 1. The summed E-state index contributed by atoms with van der Waals surface area (Å²) in [5, 5.41) is 10.1. The van der Waals surface area contributed by atoms with Crippen LogP contribution in [0.2, 0.25) is 0 Å². The van der Waals surface area contributed by atoms with E-state index in [1.807, 2.05) is 11.0 Å². The van der Waals surface area contributed by atoms with Gasteiger partial charge in [-0.2, -0.15) is 5.26 Å². The number of nitrogens with zero attached hydrogens (tertiary/aromatic N) is 5. The summed E-state index contributed by atoms with van der Waals surface area (Å²) in [5.74, 6) is 0.463. The van der Waals surface area contributed by atoms with Crippen molar-refractivity contribution in [3.8, 4) is 6.07 Å². The largest absolute Gasteiger partial charge is 0.341 e. The second-order valence-electron chi connectivity index (χ2n) is 6.93. The van der Waals surface area contributed by atoms with Gasteiger partial charge in [-0.25, -0.2) is 9.97 Å². The zero-order valence-electron chi connectivity index (χ0n) is 15.0. The predicted molar refractivity (Wildman–Crippen MR) is 106 cm³/mol. The minimum atomic E-state index is -0.496. The third kappa shape index (κ3) is 2.29. The van der Waals surface area contributed by atoms with E-state index in [0.29, 0.717) is 22.4 Å². The van der Waals surface area contributed by atoms with Gasteiger partial charge in [0.15, 0.2) is 0 Å². The van der Waals surface area contributed by atoms with Crippen molar-refractivity contribution in [2.45, 2.75) is 19.3 Å². The number of hydrogen-bond donors (Lipinski definition) is 1. The van der Waals surface area contributed by atoms with E-state index in [-0.39, 0.29) is 22.3 Å². The number of piperidine rings is 1. The van der Waals surface area contributed by atoms with E-state index in [1.54, 1.807) is 24.3 Å². The first-order chi connectivity index (χ1) is 13.7. The normalized spacial score (nSPS) is 14.6. The highest BCUT2D eigenvalue weighted by atomic mass is 16.1. The molecule has 8 heteroatoms. The van der Waals surface area contributed by atoms with E-state index in [4.69, 9.17) is 0 Å². The molecule has 0 aliphatic carbocycles. The molecule has 0 radical (unpaired) electrons. The molecule has 3 aromatic heterocycles. The molecule has 1 saturated heterocycles. The maximum atomic E-state index is 13.1.